The van der Waals surface area contributed by atoms with Crippen LogP contribution in [0.25, 0.3) is 0 Å². The maximum Gasteiger partial charge on any atom is 0.123 e. The molecule has 0 amide bonds. The summed E-state index contributed by atoms with van der Waals surface area (Å²) in [5, 5.41) is 0. The van der Waals surface area contributed by atoms with E-state index >= 15 is 0 Å². The molecule has 1 aliphatic heterocycles. The quantitative estimate of drug-likeness (QED) is 0.269. The third kappa shape index (κ3) is 6.27. The smallest absolute Gasteiger partial charge is 0.123 e. The first-order valence-electron chi connectivity index (χ1n) is 12.4. The van der Waals surface area contributed by atoms with Crippen molar-refractivity contribution in [1.29, 1.82) is 0 Å². The van der Waals surface area contributed by atoms with Crippen molar-refractivity contribution < 1.29 is 9.47 Å². The Hall–Kier alpha value is -2.44. The van der Waals surface area contributed by atoms with Crippen molar-refractivity contribution >= 4 is 28.9 Å². The number of alkyl halides is 2. The van der Waals surface area contributed by atoms with Crippen molar-refractivity contribution in [2.45, 2.75) is 19.3 Å². The van der Waals surface area contributed by atoms with Gasteiger partial charge in [0.05, 0.1) is 20.4 Å². The number of rotatable bonds is 12. The summed E-state index contributed by atoms with van der Waals surface area (Å²) in [6.45, 7) is 5.09. The van der Waals surface area contributed by atoms with Gasteiger partial charge in [-0.05, 0) is 29.8 Å². The summed E-state index contributed by atoms with van der Waals surface area (Å²) >= 11 is 12.1. The van der Waals surface area contributed by atoms with Gasteiger partial charge in [-0.25, -0.2) is 0 Å². The lowest BCUT2D eigenvalue weighted by atomic mass is 10.1. The number of ether oxygens (including phenoxy) is 2. The molecule has 0 aromatic heterocycles. The van der Waals surface area contributed by atoms with E-state index in [9.17, 15) is 0 Å². The number of methoxy groups -OCH3 is 2. The average molecular weight is 529 g/mol. The topological polar surface area (TPSA) is 28.2 Å². The Morgan fingerprint density at radius 3 is 1.64 bits per heavy atom. The second kappa shape index (κ2) is 13.2. The monoisotopic (exact) mass is 527 g/mol. The summed E-state index contributed by atoms with van der Waals surface area (Å²) in [6.07, 6.45) is 0.128. The van der Waals surface area contributed by atoms with E-state index in [1.807, 2.05) is 24.3 Å². The zero-order valence-electron chi connectivity index (χ0n) is 21.1. The second-order valence-electron chi connectivity index (χ2n) is 8.89. The number of halogens is 2. The first kappa shape index (κ1) is 26.6. The summed E-state index contributed by atoms with van der Waals surface area (Å²) in [5.74, 6) is 2.99. The van der Waals surface area contributed by atoms with Gasteiger partial charge >= 0.3 is 0 Å². The van der Waals surface area contributed by atoms with Crippen LogP contribution in [0.2, 0.25) is 0 Å². The van der Waals surface area contributed by atoms with E-state index < -0.39 is 0 Å². The number of hydrogen-bond acceptors (Lipinski definition) is 5. The third-order valence-electron chi connectivity index (χ3n) is 6.76. The summed E-state index contributed by atoms with van der Waals surface area (Å²) in [7, 11) is 3.47. The van der Waals surface area contributed by atoms with Crippen LogP contribution in [0.3, 0.4) is 0 Å². The average Bonchev–Trinajstić information content (AvgIpc) is 3.31. The minimum atomic E-state index is 0.128. The number of nitrogens with zero attached hydrogens (tertiary/aromatic N) is 3. The molecule has 5 nitrogen and oxygen atoms in total. The van der Waals surface area contributed by atoms with Crippen molar-refractivity contribution in [2.24, 2.45) is 0 Å². The molecule has 0 N–H and O–H groups in total. The van der Waals surface area contributed by atoms with E-state index in [1.165, 1.54) is 16.7 Å². The second-order valence-corrected chi connectivity index (χ2v) is 9.65. The van der Waals surface area contributed by atoms with Gasteiger partial charge < -0.3 is 14.4 Å². The molecule has 0 unspecified atom stereocenters. The number of anilines is 1. The van der Waals surface area contributed by atoms with Crippen LogP contribution in [0.1, 0.15) is 22.9 Å². The predicted octanol–water partition coefficient (Wildman–Crippen LogP) is 6.00. The van der Waals surface area contributed by atoms with Gasteiger partial charge in [0.1, 0.15) is 11.5 Å². The Kier molecular flexibility index (Phi) is 9.76. The lowest BCUT2D eigenvalue weighted by molar-refractivity contribution is 0.124. The Morgan fingerprint density at radius 2 is 1.19 bits per heavy atom. The molecule has 0 radical (unpaired) electrons. The zero-order valence-corrected chi connectivity index (χ0v) is 22.6. The molecule has 1 heterocycles. The van der Waals surface area contributed by atoms with Crippen LogP contribution in [0, 0.1) is 0 Å². The van der Waals surface area contributed by atoms with Crippen molar-refractivity contribution in [3.05, 3.63) is 89.5 Å². The van der Waals surface area contributed by atoms with Gasteiger partial charge in [-0.15, -0.1) is 23.2 Å². The van der Waals surface area contributed by atoms with Gasteiger partial charge in [0.2, 0.25) is 0 Å². The fourth-order valence-corrected chi connectivity index (χ4v) is 5.43. The Labute approximate surface area is 225 Å². The highest BCUT2D eigenvalue weighted by Gasteiger charge is 2.34. The molecule has 0 bridgehead atoms. The summed E-state index contributed by atoms with van der Waals surface area (Å²) in [4.78, 5) is 7.28. The van der Waals surface area contributed by atoms with Crippen molar-refractivity contribution in [1.82, 2.24) is 9.80 Å². The molecule has 1 saturated heterocycles. The van der Waals surface area contributed by atoms with Gasteiger partial charge in [-0.3, -0.25) is 9.80 Å². The SMILES string of the molecule is COc1ccccc1CN1CCN(Cc2ccccc2OC)C1c1ccc(N(CCCl)CCCl)cc1. The minimum Gasteiger partial charge on any atom is -0.496 e. The van der Waals surface area contributed by atoms with Gasteiger partial charge in [-0.1, -0.05) is 48.5 Å². The van der Waals surface area contributed by atoms with Crippen molar-refractivity contribution in [3.63, 3.8) is 0 Å². The van der Waals surface area contributed by atoms with Gasteiger partial charge in [-0.2, -0.15) is 0 Å². The van der Waals surface area contributed by atoms with Gasteiger partial charge in [0.15, 0.2) is 0 Å². The molecular weight excluding hydrogens is 493 g/mol. The Morgan fingerprint density at radius 1 is 0.722 bits per heavy atom. The van der Waals surface area contributed by atoms with E-state index in [-0.39, 0.29) is 6.17 Å². The fraction of sp³-hybridized carbons (Fsp3) is 0.379. The molecular formula is C29H35Cl2N3O2. The van der Waals surface area contributed by atoms with Crippen LogP contribution in [0.4, 0.5) is 5.69 Å². The molecule has 7 heteroatoms. The minimum absolute atomic E-state index is 0.128. The van der Waals surface area contributed by atoms with E-state index in [0.29, 0.717) is 11.8 Å². The molecule has 1 fully saturated rings. The van der Waals surface area contributed by atoms with Crippen LogP contribution in [0.5, 0.6) is 11.5 Å². The first-order chi connectivity index (χ1) is 17.7. The lowest BCUT2D eigenvalue weighted by Crippen LogP contribution is -2.31. The van der Waals surface area contributed by atoms with Crippen LogP contribution in [-0.2, 0) is 13.1 Å². The fourth-order valence-electron chi connectivity index (χ4n) is 5.02. The summed E-state index contributed by atoms with van der Waals surface area (Å²) in [6, 6.07) is 25.4. The molecule has 0 aliphatic carbocycles. The zero-order chi connectivity index (χ0) is 25.3. The first-order valence-corrected chi connectivity index (χ1v) is 13.4. The maximum absolute atomic E-state index is 6.04. The molecule has 3 aromatic rings. The molecule has 0 atom stereocenters. The molecule has 4 rings (SSSR count). The number of benzene rings is 3. The van der Waals surface area contributed by atoms with Gasteiger partial charge in [0.25, 0.3) is 0 Å². The summed E-state index contributed by atoms with van der Waals surface area (Å²) < 4.78 is 11.3. The van der Waals surface area contributed by atoms with Crippen LogP contribution in [0.15, 0.2) is 72.8 Å². The van der Waals surface area contributed by atoms with Crippen LogP contribution < -0.4 is 14.4 Å². The molecule has 3 aromatic carbocycles. The highest BCUT2D eigenvalue weighted by atomic mass is 35.5. The molecule has 0 saturated carbocycles. The molecule has 36 heavy (non-hydrogen) atoms. The standard InChI is InChI=1S/C29H35Cl2N3O2/c1-35-27-9-5-3-7-24(27)21-33-19-20-34(22-25-8-4-6-10-28(25)36-2)29(33)23-11-13-26(14-12-23)32(17-15-30)18-16-31/h3-14,29H,15-22H2,1-2H3. The Bertz CT molecular complexity index is 1030. The van der Waals surface area contributed by atoms with Crippen LogP contribution >= 0.6 is 23.2 Å². The summed E-state index contributed by atoms with van der Waals surface area (Å²) in [5.41, 5.74) is 4.79. The maximum atomic E-state index is 6.04. The van der Waals surface area contributed by atoms with Crippen molar-refractivity contribution in [2.75, 3.05) is 57.1 Å². The molecule has 0 spiro atoms. The normalized spacial score (nSPS) is 14.8. The van der Waals surface area contributed by atoms with Gasteiger partial charge in [0, 0.05) is 67.8 Å². The van der Waals surface area contributed by atoms with E-state index in [0.717, 1.165) is 56.5 Å². The number of para-hydroxylation sites is 2. The lowest BCUT2D eigenvalue weighted by Gasteiger charge is -2.32. The largest absolute Gasteiger partial charge is 0.496 e. The van der Waals surface area contributed by atoms with E-state index in [1.54, 1.807) is 14.2 Å². The van der Waals surface area contributed by atoms with Crippen molar-refractivity contribution in [3.8, 4) is 11.5 Å². The molecule has 192 valence electrons. The van der Waals surface area contributed by atoms with E-state index in [2.05, 4.69) is 63.2 Å². The van der Waals surface area contributed by atoms with E-state index in [4.69, 9.17) is 32.7 Å². The Balaban J connectivity index is 1.64. The van der Waals surface area contributed by atoms with Crippen LogP contribution in [-0.4, -0.2) is 62.0 Å². The predicted molar refractivity (Wildman–Crippen MR) is 150 cm³/mol. The highest BCUT2D eigenvalue weighted by molar-refractivity contribution is 6.18. The third-order valence-corrected chi connectivity index (χ3v) is 7.10. The molecule has 1 aliphatic rings. The highest BCUT2D eigenvalue weighted by Crippen LogP contribution is 2.36. The number of hydrogen-bond donors (Lipinski definition) is 0.